The van der Waals surface area contributed by atoms with E-state index in [1.54, 1.807) is 0 Å². The zero-order valence-electron chi connectivity index (χ0n) is 6.59. The topological polar surface area (TPSA) is 12.4 Å². The van der Waals surface area contributed by atoms with Crippen LogP contribution in [0.15, 0.2) is 4.99 Å². The smallest absolute Gasteiger partial charge is 0.0527 e. The minimum Gasteiger partial charge on any atom is -0.294 e. The minimum absolute atomic E-state index is 0.687. The molecular weight excluding hydrogens is 122 g/mol. The summed E-state index contributed by atoms with van der Waals surface area (Å²) in [5.41, 5.74) is 0. The van der Waals surface area contributed by atoms with E-state index in [1.807, 2.05) is 0 Å². The summed E-state index contributed by atoms with van der Waals surface area (Å²) in [6, 6.07) is 0.687. The van der Waals surface area contributed by atoms with Crippen LogP contribution >= 0.6 is 0 Å². The zero-order valence-corrected chi connectivity index (χ0v) is 6.59. The SMILES string of the molecule is CC1[C@@H]2C=N[C@H]1CCCC2. The molecule has 0 saturated heterocycles. The van der Waals surface area contributed by atoms with E-state index < -0.39 is 0 Å². The molecule has 2 rings (SSSR count). The van der Waals surface area contributed by atoms with Gasteiger partial charge in [-0.3, -0.25) is 4.99 Å². The Balaban J connectivity index is 2.14. The highest BCUT2D eigenvalue weighted by Gasteiger charge is 2.30. The lowest BCUT2D eigenvalue weighted by atomic mass is 9.91. The second-order valence-electron chi connectivity index (χ2n) is 3.67. The summed E-state index contributed by atoms with van der Waals surface area (Å²) in [4.78, 5) is 4.51. The van der Waals surface area contributed by atoms with Crippen LogP contribution in [-0.4, -0.2) is 12.3 Å². The maximum absolute atomic E-state index is 4.51. The Morgan fingerprint density at radius 1 is 1.30 bits per heavy atom. The first-order chi connectivity index (χ1) is 4.88. The van der Waals surface area contributed by atoms with Crippen LogP contribution in [0.4, 0.5) is 0 Å². The summed E-state index contributed by atoms with van der Waals surface area (Å²) in [6.45, 7) is 2.35. The Bertz CT molecular complexity index is 135. The molecule has 0 aromatic heterocycles. The number of hydrogen-bond acceptors (Lipinski definition) is 1. The Hall–Kier alpha value is -0.330. The molecule has 1 nitrogen and oxygen atoms in total. The molecule has 56 valence electrons. The van der Waals surface area contributed by atoms with Crippen LogP contribution in [0, 0.1) is 11.8 Å². The number of aliphatic imine (C=N–C) groups is 1. The van der Waals surface area contributed by atoms with Crippen molar-refractivity contribution in [2.75, 3.05) is 0 Å². The molecule has 0 amide bonds. The van der Waals surface area contributed by atoms with E-state index in [1.165, 1.54) is 25.7 Å². The average Bonchev–Trinajstić information content (AvgIpc) is 2.06. The predicted octanol–water partition coefficient (Wildman–Crippen LogP) is 2.27. The van der Waals surface area contributed by atoms with Crippen LogP contribution in [0.1, 0.15) is 32.6 Å². The molecule has 0 radical (unpaired) electrons. The summed E-state index contributed by atoms with van der Waals surface area (Å²) in [5, 5.41) is 0. The van der Waals surface area contributed by atoms with Gasteiger partial charge >= 0.3 is 0 Å². The molecule has 1 fully saturated rings. The van der Waals surface area contributed by atoms with Crippen LogP contribution in [0.3, 0.4) is 0 Å². The number of fused-ring (bicyclic) bond motifs is 2. The maximum atomic E-state index is 4.51. The van der Waals surface area contributed by atoms with Gasteiger partial charge in [0.1, 0.15) is 0 Å². The van der Waals surface area contributed by atoms with Crippen molar-refractivity contribution in [2.24, 2.45) is 16.8 Å². The molecule has 1 unspecified atom stereocenters. The third kappa shape index (κ3) is 0.882. The van der Waals surface area contributed by atoms with Crippen molar-refractivity contribution in [1.29, 1.82) is 0 Å². The van der Waals surface area contributed by atoms with Crippen molar-refractivity contribution >= 4 is 6.21 Å². The van der Waals surface area contributed by atoms with Gasteiger partial charge < -0.3 is 0 Å². The Labute approximate surface area is 62.5 Å². The molecule has 1 aliphatic carbocycles. The standard InChI is InChI=1S/C9H15N/c1-7-8-4-2-3-5-9(7)10-6-8/h6-9H,2-5H2,1H3/t7?,8-,9-/m0/s1. The van der Waals surface area contributed by atoms with Crippen molar-refractivity contribution in [3.05, 3.63) is 0 Å². The second kappa shape index (κ2) is 2.37. The van der Waals surface area contributed by atoms with Gasteiger partial charge in [0.15, 0.2) is 0 Å². The van der Waals surface area contributed by atoms with Crippen molar-refractivity contribution < 1.29 is 0 Å². The van der Waals surface area contributed by atoms with E-state index >= 15 is 0 Å². The molecule has 0 N–H and O–H groups in total. The Morgan fingerprint density at radius 3 is 3.00 bits per heavy atom. The van der Waals surface area contributed by atoms with Crippen molar-refractivity contribution in [3.63, 3.8) is 0 Å². The largest absolute Gasteiger partial charge is 0.294 e. The average molecular weight is 137 g/mol. The monoisotopic (exact) mass is 137 g/mol. The lowest BCUT2D eigenvalue weighted by Crippen LogP contribution is -2.14. The van der Waals surface area contributed by atoms with Gasteiger partial charge in [0.05, 0.1) is 6.04 Å². The van der Waals surface area contributed by atoms with E-state index in [0.29, 0.717) is 6.04 Å². The van der Waals surface area contributed by atoms with E-state index in [2.05, 4.69) is 18.1 Å². The number of nitrogens with zero attached hydrogens (tertiary/aromatic N) is 1. The van der Waals surface area contributed by atoms with Crippen LogP contribution in [0.2, 0.25) is 0 Å². The van der Waals surface area contributed by atoms with E-state index in [9.17, 15) is 0 Å². The molecule has 2 aliphatic rings. The van der Waals surface area contributed by atoms with E-state index in [-0.39, 0.29) is 0 Å². The van der Waals surface area contributed by atoms with Gasteiger partial charge in [0.2, 0.25) is 0 Å². The summed E-state index contributed by atoms with van der Waals surface area (Å²) in [6.07, 6.45) is 7.77. The fourth-order valence-electron chi connectivity index (χ4n) is 2.19. The van der Waals surface area contributed by atoms with Crippen molar-refractivity contribution in [2.45, 2.75) is 38.6 Å². The molecule has 0 aromatic rings. The molecule has 1 aliphatic heterocycles. The predicted molar refractivity (Wildman–Crippen MR) is 43.4 cm³/mol. The highest BCUT2D eigenvalue weighted by atomic mass is 14.8. The quantitative estimate of drug-likeness (QED) is 0.485. The van der Waals surface area contributed by atoms with E-state index in [0.717, 1.165) is 11.8 Å². The minimum atomic E-state index is 0.687. The fourth-order valence-corrected chi connectivity index (χ4v) is 2.19. The second-order valence-corrected chi connectivity index (χ2v) is 3.67. The summed E-state index contributed by atoms with van der Waals surface area (Å²) in [5.74, 6) is 1.68. The van der Waals surface area contributed by atoms with Crippen LogP contribution in [-0.2, 0) is 0 Å². The van der Waals surface area contributed by atoms with Gasteiger partial charge in [-0.25, -0.2) is 0 Å². The summed E-state index contributed by atoms with van der Waals surface area (Å²) in [7, 11) is 0. The van der Waals surface area contributed by atoms with Crippen molar-refractivity contribution in [1.82, 2.24) is 0 Å². The molecular formula is C9H15N. The molecule has 1 heteroatoms. The fraction of sp³-hybridized carbons (Fsp3) is 0.889. The van der Waals surface area contributed by atoms with Gasteiger partial charge in [0.25, 0.3) is 0 Å². The van der Waals surface area contributed by atoms with Gasteiger partial charge in [-0.1, -0.05) is 19.8 Å². The van der Waals surface area contributed by atoms with E-state index in [4.69, 9.17) is 0 Å². The molecule has 1 heterocycles. The lowest BCUT2D eigenvalue weighted by Gasteiger charge is -2.13. The zero-order chi connectivity index (χ0) is 6.97. The van der Waals surface area contributed by atoms with Crippen LogP contribution in [0.25, 0.3) is 0 Å². The first-order valence-corrected chi connectivity index (χ1v) is 4.41. The molecule has 0 aromatic carbocycles. The third-order valence-electron chi connectivity index (χ3n) is 3.04. The van der Waals surface area contributed by atoms with Crippen molar-refractivity contribution in [3.8, 4) is 0 Å². The molecule has 2 bridgehead atoms. The van der Waals surface area contributed by atoms with Crippen LogP contribution < -0.4 is 0 Å². The Morgan fingerprint density at radius 2 is 2.10 bits per heavy atom. The summed E-state index contributed by atoms with van der Waals surface area (Å²) < 4.78 is 0. The maximum Gasteiger partial charge on any atom is 0.0527 e. The highest BCUT2D eigenvalue weighted by Crippen LogP contribution is 2.33. The lowest BCUT2D eigenvalue weighted by molar-refractivity contribution is 0.418. The van der Waals surface area contributed by atoms with Gasteiger partial charge in [-0.05, 0) is 24.7 Å². The van der Waals surface area contributed by atoms with Gasteiger partial charge in [0, 0.05) is 6.21 Å². The normalized spacial score (nSPS) is 45.5. The number of rotatable bonds is 0. The first kappa shape index (κ1) is 6.38. The van der Waals surface area contributed by atoms with Gasteiger partial charge in [-0.2, -0.15) is 0 Å². The van der Waals surface area contributed by atoms with Gasteiger partial charge in [-0.15, -0.1) is 0 Å². The number of hydrogen-bond donors (Lipinski definition) is 0. The van der Waals surface area contributed by atoms with Crippen LogP contribution in [0.5, 0.6) is 0 Å². The third-order valence-corrected chi connectivity index (χ3v) is 3.04. The molecule has 3 atom stereocenters. The molecule has 10 heavy (non-hydrogen) atoms. The molecule has 1 saturated carbocycles. The molecule has 0 spiro atoms. The Kier molecular flexibility index (Phi) is 1.51. The highest BCUT2D eigenvalue weighted by molar-refractivity contribution is 5.64. The summed E-state index contributed by atoms with van der Waals surface area (Å²) >= 11 is 0. The first-order valence-electron chi connectivity index (χ1n) is 4.41.